The molecule has 9 nitrogen and oxygen atoms in total. The van der Waals surface area contributed by atoms with E-state index in [1.54, 1.807) is 27.1 Å². The number of methoxy groups -OCH3 is 1. The minimum absolute atomic E-state index is 0.0123. The summed E-state index contributed by atoms with van der Waals surface area (Å²) in [5.74, 6) is -1.84. The number of fused-ring (bicyclic) bond motifs is 1. The van der Waals surface area contributed by atoms with Gasteiger partial charge in [0.15, 0.2) is 11.6 Å². The van der Waals surface area contributed by atoms with E-state index in [0.717, 1.165) is 28.7 Å². The van der Waals surface area contributed by atoms with E-state index < -0.39 is 17.4 Å². The van der Waals surface area contributed by atoms with E-state index in [1.807, 2.05) is 12.1 Å². The van der Waals surface area contributed by atoms with Crippen molar-refractivity contribution < 1.29 is 23.0 Å². The summed E-state index contributed by atoms with van der Waals surface area (Å²) in [4.78, 5) is 20.5. The third-order valence-corrected chi connectivity index (χ3v) is 5.92. The summed E-state index contributed by atoms with van der Waals surface area (Å²) in [6.07, 6.45) is 2.77. The molecule has 3 aromatic heterocycles. The molecule has 0 aliphatic heterocycles. The van der Waals surface area contributed by atoms with Gasteiger partial charge in [-0.1, -0.05) is 6.07 Å². The van der Waals surface area contributed by atoms with Crippen molar-refractivity contribution in [3.63, 3.8) is 0 Å². The van der Waals surface area contributed by atoms with Crippen molar-refractivity contribution in [2.75, 3.05) is 25.2 Å². The Morgan fingerprint density at radius 2 is 1.89 bits per heavy atom. The highest BCUT2D eigenvalue weighted by atomic mass is 19.1. The minimum atomic E-state index is -0.847. The zero-order chi connectivity index (χ0) is 26.3. The lowest BCUT2D eigenvalue weighted by molar-refractivity contribution is 0.103. The highest BCUT2D eigenvalue weighted by molar-refractivity contribution is 6.12. The van der Waals surface area contributed by atoms with Gasteiger partial charge in [-0.05, 0) is 42.8 Å². The third-order valence-electron chi connectivity index (χ3n) is 5.92. The molecule has 2 aromatic carbocycles. The number of nitrogens with one attached hydrogen (secondary N) is 2. The van der Waals surface area contributed by atoms with E-state index in [2.05, 4.69) is 20.4 Å². The number of aryl methyl sites for hydroxylation is 1. The normalized spacial score (nSPS) is 11.1. The van der Waals surface area contributed by atoms with E-state index in [0.29, 0.717) is 22.7 Å². The second-order valence-corrected chi connectivity index (χ2v) is 8.22. The van der Waals surface area contributed by atoms with Crippen molar-refractivity contribution in [3.8, 4) is 23.1 Å². The first-order chi connectivity index (χ1) is 17.8. The number of carbonyl (C=O) groups is 1. The minimum Gasteiger partial charge on any atom is -0.495 e. The molecule has 0 saturated carbocycles. The number of ketones is 1. The Kier molecular flexibility index (Phi) is 5.96. The fraction of sp³-hybridized carbons (Fsp3) is 0.115. The molecule has 37 heavy (non-hydrogen) atoms. The summed E-state index contributed by atoms with van der Waals surface area (Å²) in [7, 11) is 3.35. The number of aromatic nitrogens is 4. The van der Waals surface area contributed by atoms with Crippen molar-refractivity contribution in [1.82, 2.24) is 19.7 Å². The van der Waals surface area contributed by atoms with Gasteiger partial charge in [0, 0.05) is 24.0 Å². The molecule has 0 atom stereocenters. The first kappa shape index (κ1) is 23.8. The SMILES string of the molecule is CNc1cc2[nH]c(C(=O)c3cnn(-c4cnc(Oc5c(F)cccc5F)cc4C)c3N)cc2cc1OC. The molecule has 4 N–H and O–H groups in total. The monoisotopic (exact) mass is 504 g/mol. The Balaban J connectivity index is 1.44. The molecule has 11 heteroatoms. The predicted octanol–water partition coefficient (Wildman–Crippen LogP) is 4.99. The molecule has 0 aliphatic carbocycles. The quantitative estimate of drug-likeness (QED) is 0.267. The van der Waals surface area contributed by atoms with Crippen LogP contribution in [0.1, 0.15) is 21.6 Å². The fourth-order valence-electron chi connectivity index (χ4n) is 4.00. The topological polar surface area (TPSA) is 120 Å². The molecular formula is C26H22F2N6O3. The van der Waals surface area contributed by atoms with Crippen molar-refractivity contribution in [2.45, 2.75) is 6.92 Å². The lowest BCUT2D eigenvalue weighted by atomic mass is 10.1. The number of ether oxygens (including phenoxy) is 2. The maximum Gasteiger partial charge on any atom is 0.219 e. The predicted molar refractivity (Wildman–Crippen MR) is 135 cm³/mol. The molecule has 0 unspecified atom stereocenters. The maximum absolute atomic E-state index is 13.9. The summed E-state index contributed by atoms with van der Waals surface area (Å²) in [6, 6.07) is 10.3. The Hall–Kier alpha value is -4.93. The molecule has 5 aromatic rings. The Labute approximate surface area is 209 Å². The first-order valence-corrected chi connectivity index (χ1v) is 11.2. The van der Waals surface area contributed by atoms with Crippen LogP contribution in [0.25, 0.3) is 16.6 Å². The number of hydrogen-bond acceptors (Lipinski definition) is 7. The smallest absolute Gasteiger partial charge is 0.219 e. The van der Waals surface area contributed by atoms with Crippen LogP contribution in [0.5, 0.6) is 17.4 Å². The van der Waals surface area contributed by atoms with Crippen molar-refractivity contribution >= 4 is 28.2 Å². The zero-order valence-electron chi connectivity index (χ0n) is 20.1. The van der Waals surface area contributed by atoms with Gasteiger partial charge in [-0.3, -0.25) is 4.79 Å². The van der Waals surface area contributed by atoms with Gasteiger partial charge >= 0.3 is 0 Å². The number of carbonyl (C=O) groups excluding carboxylic acids is 1. The largest absolute Gasteiger partial charge is 0.495 e. The molecule has 0 bridgehead atoms. The molecule has 0 saturated heterocycles. The number of rotatable bonds is 7. The molecule has 5 rings (SSSR count). The van der Waals surface area contributed by atoms with Gasteiger partial charge in [-0.15, -0.1) is 0 Å². The third kappa shape index (κ3) is 4.20. The molecule has 0 radical (unpaired) electrons. The first-order valence-electron chi connectivity index (χ1n) is 11.2. The number of pyridine rings is 1. The van der Waals surface area contributed by atoms with Crippen LogP contribution < -0.4 is 20.5 Å². The lowest BCUT2D eigenvalue weighted by Gasteiger charge is -2.11. The summed E-state index contributed by atoms with van der Waals surface area (Å²) in [5, 5.41) is 8.12. The van der Waals surface area contributed by atoms with Crippen LogP contribution in [0, 0.1) is 18.6 Å². The van der Waals surface area contributed by atoms with Crippen LogP contribution in [0.4, 0.5) is 20.3 Å². The number of H-pyrrole nitrogens is 1. The molecular weight excluding hydrogens is 482 g/mol. The number of para-hydroxylation sites is 1. The number of nitrogens with zero attached hydrogens (tertiary/aromatic N) is 3. The summed E-state index contributed by atoms with van der Waals surface area (Å²) < 4.78 is 39.9. The van der Waals surface area contributed by atoms with Crippen LogP contribution in [-0.4, -0.2) is 39.7 Å². The van der Waals surface area contributed by atoms with E-state index in [-0.39, 0.29) is 23.0 Å². The molecule has 0 fully saturated rings. The van der Waals surface area contributed by atoms with Crippen LogP contribution in [0.2, 0.25) is 0 Å². The number of nitrogens with two attached hydrogens (primary N) is 1. The zero-order valence-corrected chi connectivity index (χ0v) is 20.1. The molecule has 0 spiro atoms. The van der Waals surface area contributed by atoms with Gasteiger partial charge in [0.2, 0.25) is 17.4 Å². The number of benzene rings is 2. The number of halogens is 2. The van der Waals surface area contributed by atoms with E-state index in [1.165, 1.54) is 29.2 Å². The van der Waals surface area contributed by atoms with Crippen molar-refractivity contribution in [2.24, 2.45) is 0 Å². The molecule has 188 valence electrons. The van der Waals surface area contributed by atoms with Crippen LogP contribution in [0.15, 0.2) is 54.9 Å². The average Bonchev–Trinajstić information content (AvgIpc) is 3.48. The van der Waals surface area contributed by atoms with Crippen molar-refractivity contribution in [3.05, 3.63) is 83.3 Å². The Morgan fingerprint density at radius 3 is 2.57 bits per heavy atom. The van der Waals surface area contributed by atoms with Gasteiger partial charge in [-0.2, -0.15) is 5.10 Å². The molecule has 0 aliphatic rings. The standard InChI is InChI=1S/C26H22F2N6O3/c1-13-7-23(37-25-16(27)5-4-6-17(25)28)31-12-21(13)34-26(29)15(11-32-34)24(35)20-8-14-9-22(36-3)19(30-2)10-18(14)33-20/h4-12,30,33H,29H2,1-3H3. The van der Waals surface area contributed by atoms with Gasteiger partial charge in [0.1, 0.15) is 11.6 Å². The second-order valence-electron chi connectivity index (χ2n) is 8.22. The maximum atomic E-state index is 13.9. The van der Waals surface area contributed by atoms with Gasteiger partial charge in [-0.25, -0.2) is 18.4 Å². The van der Waals surface area contributed by atoms with E-state index in [4.69, 9.17) is 15.2 Å². The van der Waals surface area contributed by atoms with Crippen molar-refractivity contribution in [1.29, 1.82) is 0 Å². The summed E-state index contributed by atoms with van der Waals surface area (Å²) >= 11 is 0. The fourth-order valence-corrected chi connectivity index (χ4v) is 4.00. The highest BCUT2D eigenvalue weighted by Gasteiger charge is 2.21. The number of nitrogen functional groups attached to an aromatic ring is 1. The van der Waals surface area contributed by atoms with Gasteiger partial charge < -0.3 is 25.5 Å². The summed E-state index contributed by atoms with van der Waals surface area (Å²) in [6.45, 7) is 1.73. The Morgan fingerprint density at radius 1 is 1.14 bits per heavy atom. The van der Waals surface area contributed by atoms with Gasteiger partial charge in [0.05, 0.1) is 42.1 Å². The number of aromatic amines is 1. The van der Waals surface area contributed by atoms with Gasteiger partial charge in [0.25, 0.3) is 0 Å². The van der Waals surface area contributed by atoms with E-state index in [9.17, 15) is 13.6 Å². The molecule has 3 heterocycles. The summed E-state index contributed by atoms with van der Waals surface area (Å²) in [5.41, 5.74) is 9.44. The lowest BCUT2D eigenvalue weighted by Crippen LogP contribution is -2.09. The molecule has 0 amide bonds. The Bertz CT molecular complexity index is 1600. The number of anilines is 2. The number of hydrogen-bond donors (Lipinski definition) is 3. The van der Waals surface area contributed by atoms with Crippen LogP contribution in [0.3, 0.4) is 0 Å². The second kappa shape index (κ2) is 9.26. The average molecular weight is 504 g/mol. The highest BCUT2D eigenvalue weighted by Crippen LogP contribution is 2.32. The van der Waals surface area contributed by atoms with Crippen LogP contribution >= 0.6 is 0 Å². The van der Waals surface area contributed by atoms with E-state index >= 15 is 0 Å². The van der Waals surface area contributed by atoms with Crippen LogP contribution in [-0.2, 0) is 0 Å².